The lowest BCUT2D eigenvalue weighted by Crippen LogP contribution is -1.87. The van der Waals surface area contributed by atoms with Crippen LogP contribution in [0.4, 0.5) is 0 Å². The van der Waals surface area contributed by atoms with Crippen LogP contribution >= 0.6 is 7.80 Å². The molecule has 1 rings (SSSR count). The Balaban J connectivity index is 2.98. The fourth-order valence-corrected chi connectivity index (χ4v) is 1.09. The monoisotopic (exact) mass is 157 g/mol. The fourth-order valence-electron chi connectivity index (χ4n) is 0.575. The Morgan fingerprint density at radius 3 is 2.60 bits per heavy atom. The quantitative estimate of drug-likeness (QED) is 0.478. The van der Waals surface area contributed by atoms with Crippen LogP contribution in [-0.2, 0) is 4.57 Å². The minimum Gasteiger partial charge on any atom is -0.416 e. The van der Waals surface area contributed by atoms with Gasteiger partial charge in [0.25, 0.3) is 0 Å². The summed E-state index contributed by atoms with van der Waals surface area (Å²) in [5, 5.41) is 0. The Kier molecular flexibility index (Phi) is 1.97. The number of aldehydes is 1. The van der Waals surface area contributed by atoms with Crippen molar-refractivity contribution in [3.05, 3.63) is 17.9 Å². The minimum absolute atomic E-state index is 0.222. The van der Waals surface area contributed by atoms with Gasteiger partial charge >= 0.3 is 13.3 Å². The molecule has 0 spiro atoms. The number of rotatable bonds is 2. The van der Waals surface area contributed by atoms with E-state index in [1.165, 1.54) is 12.7 Å². The second kappa shape index (κ2) is 2.76. The highest BCUT2D eigenvalue weighted by molar-refractivity contribution is 7.52. The zero-order valence-corrected chi connectivity index (χ0v) is 6.30. The maximum absolute atomic E-state index is 10.7. The molecular weight excluding hydrogens is 151 g/mol. The van der Waals surface area contributed by atoms with Crippen molar-refractivity contribution in [1.29, 1.82) is 0 Å². The van der Waals surface area contributed by atoms with Gasteiger partial charge in [-0.05, 0) is 6.07 Å². The summed E-state index contributed by atoms with van der Waals surface area (Å²) in [5.74, 6) is 0.222. The van der Waals surface area contributed by atoms with E-state index in [4.69, 9.17) is 4.42 Å². The van der Waals surface area contributed by atoms with Crippen molar-refractivity contribution in [2.24, 2.45) is 0 Å². The Morgan fingerprint density at radius 2 is 2.30 bits per heavy atom. The maximum Gasteiger partial charge on any atom is 0.412 e. The van der Waals surface area contributed by atoms with Crippen molar-refractivity contribution in [3.8, 4) is 0 Å². The van der Waals surface area contributed by atoms with Gasteiger partial charge < -0.3 is 4.42 Å². The van der Waals surface area contributed by atoms with Crippen molar-refractivity contribution in [2.45, 2.75) is 0 Å². The standard InChI is InChI=1S/C6H6O3P/c1-10(8)6-3-2-5(4-7)9-6/h2-4H,1H3/q+1. The third-order valence-electron chi connectivity index (χ3n) is 1.04. The van der Waals surface area contributed by atoms with Crippen LogP contribution in [0.1, 0.15) is 10.6 Å². The van der Waals surface area contributed by atoms with Crippen molar-refractivity contribution in [1.82, 2.24) is 0 Å². The van der Waals surface area contributed by atoms with E-state index >= 15 is 0 Å². The molecule has 0 fully saturated rings. The molecule has 0 aliphatic carbocycles. The van der Waals surface area contributed by atoms with E-state index < -0.39 is 7.80 Å². The van der Waals surface area contributed by atoms with Gasteiger partial charge in [0.1, 0.15) is 6.66 Å². The predicted molar refractivity (Wildman–Crippen MR) is 37.3 cm³/mol. The Bertz CT molecular complexity index is 264. The summed E-state index contributed by atoms with van der Waals surface area (Å²) < 4.78 is 15.6. The first kappa shape index (κ1) is 7.16. The van der Waals surface area contributed by atoms with Crippen molar-refractivity contribution in [3.63, 3.8) is 0 Å². The first-order valence-corrected chi connectivity index (χ1v) is 4.40. The van der Waals surface area contributed by atoms with Gasteiger partial charge in [-0.25, -0.2) is 0 Å². The first-order valence-electron chi connectivity index (χ1n) is 2.70. The molecule has 0 bridgehead atoms. The zero-order valence-electron chi connectivity index (χ0n) is 5.40. The molecule has 0 aliphatic heterocycles. The van der Waals surface area contributed by atoms with E-state index in [9.17, 15) is 9.36 Å². The molecule has 0 N–H and O–H groups in total. The molecule has 4 heteroatoms. The smallest absolute Gasteiger partial charge is 0.412 e. The molecule has 0 aliphatic rings. The molecule has 0 saturated carbocycles. The van der Waals surface area contributed by atoms with E-state index in [2.05, 4.69) is 0 Å². The summed E-state index contributed by atoms with van der Waals surface area (Å²) >= 11 is 0. The van der Waals surface area contributed by atoms with Crippen LogP contribution in [-0.4, -0.2) is 13.0 Å². The van der Waals surface area contributed by atoms with Crippen molar-refractivity contribution in [2.75, 3.05) is 6.66 Å². The predicted octanol–water partition coefficient (Wildman–Crippen LogP) is 1.17. The van der Waals surface area contributed by atoms with Crippen molar-refractivity contribution < 1.29 is 13.8 Å². The van der Waals surface area contributed by atoms with Crippen LogP contribution in [0.3, 0.4) is 0 Å². The SMILES string of the molecule is C[P+](=O)c1ccc(C=O)o1. The van der Waals surface area contributed by atoms with E-state index in [0.29, 0.717) is 11.8 Å². The van der Waals surface area contributed by atoms with Gasteiger partial charge in [-0.2, -0.15) is 0 Å². The summed E-state index contributed by atoms with van der Waals surface area (Å²) in [6, 6.07) is 3.04. The third kappa shape index (κ3) is 1.31. The molecule has 10 heavy (non-hydrogen) atoms. The van der Waals surface area contributed by atoms with Gasteiger partial charge in [-0.1, -0.05) is 4.57 Å². The lowest BCUT2D eigenvalue weighted by atomic mass is 10.5. The molecule has 1 atom stereocenters. The molecule has 1 aromatic rings. The highest BCUT2D eigenvalue weighted by atomic mass is 31.1. The Morgan fingerprint density at radius 1 is 1.60 bits per heavy atom. The van der Waals surface area contributed by atoms with Crippen LogP contribution in [0, 0.1) is 0 Å². The molecule has 3 nitrogen and oxygen atoms in total. The van der Waals surface area contributed by atoms with Gasteiger partial charge in [-0.3, -0.25) is 4.79 Å². The van der Waals surface area contributed by atoms with Crippen LogP contribution in [0.15, 0.2) is 16.5 Å². The third-order valence-corrected chi connectivity index (χ3v) is 1.90. The van der Waals surface area contributed by atoms with Gasteiger partial charge in [-0.15, -0.1) is 0 Å². The average molecular weight is 157 g/mol. The molecular formula is C6H6O3P+. The lowest BCUT2D eigenvalue weighted by Gasteiger charge is -1.72. The second-order valence-corrected chi connectivity index (χ2v) is 3.23. The molecule has 0 radical (unpaired) electrons. The number of furan rings is 1. The summed E-state index contributed by atoms with van der Waals surface area (Å²) in [4.78, 5) is 10.1. The molecule has 0 amide bonds. The summed E-state index contributed by atoms with van der Waals surface area (Å²) in [6.45, 7) is 1.53. The van der Waals surface area contributed by atoms with Crippen molar-refractivity contribution >= 4 is 19.6 Å². The van der Waals surface area contributed by atoms with Gasteiger partial charge in [0.2, 0.25) is 0 Å². The van der Waals surface area contributed by atoms with Crippen LogP contribution in [0.25, 0.3) is 0 Å². The second-order valence-electron chi connectivity index (χ2n) is 1.79. The zero-order chi connectivity index (χ0) is 7.56. The lowest BCUT2D eigenvalue weighted by molar-refractivity contribution is 0.110. The summed E-state index contributed by atoms with van der Waals surface area (Å²) in [5.41, 5.74) is 0.372. The average Bonchev–Trinajstić information content (AvgIpc) is 2.34. The highest BCUT2D eigenvalue weighted by Crippen LogP contribution is 2.14. The molecule has 52 valence electrons. The molecule has 0 aromatic carbocycles. The highest BCUT2D eigenvalue weighted by Gasteiger charge is 2.16. The number of hydrogen-bond donors (Lipinski definition) is 0. The van der Waals surface area contributed by atoms with Crippen LogP contribution in [0.2, 0.25) is 0 Å². The largest absolute Gasteiger partial charge is 0.416 e. The van der Waals surface area contributed by atoms with Crippen LogP contribution < -0.4 is 5.50 Å². The van der Waals surface area contributed by atoms with E-state index in [0.717, 1.165) is 0 Å². The molecule has 1 heterocycles. The molecule has 1 aromatic heterocycles. The topological polar surface area (TPSA) is 47.3 Å². The maximum atomic E-state index is 10.7. The van der Waals surface area contributed by atoms with E-state index in [-0.39, 0.29) is 5.76 Å². The Labute approximate surface area is 58.8 Å². The normalized spacial score (nSPS) is 11.1. The Hall–Kier alpha value is -0.950. The first-order chi connectivity index (χ1) is 4.74. The van der Waals surface area contributed by atoms with Crippen LogP contribution in [0.5, 0.6) is 0 Å². The van der Waals surface area contributed by atoms with Gasteiger partial charge in [0, 0.05) is 6.07 Å². The number of hydrogen-bond acceptors (Lipinski definition) is 3. The van der Waals surface area contributed by atoms with Gasteiger partial charge in [0.15, 0.2) is 12.0 Å². The molecule has 0 saturated heterocycles. The van der Waals surface area contributed by atoms with Gasteiger partial charge in [0.05, 0.1) is 0 Å². The minimum atomic E-state index is -1.46. The van der Waals surface area contributed by atoms with E-state index in [1.807, 2.05) is 0 Å². The fraction of sp³-hybridized carbons (Fsp3) is 0.167. The summed E-state index contributed by atoms with van der Waals surface area (Å²) in [6.07, 6.45) is 0.586. The van der Waals surface area contributed by atoms with E-state index in [1.54, 1.807) is 6.07 Å². The number of carbonyl (C=O) groups is 1. The summed E-state index contributed by atoms with van der Waals surface area (Å²) in [7, 11) is -1.46. The molecule has 1 unspecified atom stereocenters. The number of carbonyl (C=O) groups excluding carboxylic acids is 1.